The molecule has 114 valence electrons. The SMILES string of the molecule is O=C(CC[NH2+]c1ccc(-c2ccccc2)cc1)c1ccccc1. The number of quaternary nitrogens is 1. The van der Waals surface area contributed by atoms with Gasteiger partial charge < -0.3 is 5.32 Å². The number of carbonyl (C=O) groups excluding carboxylic acids is 1. The third-order valence-electron chi connectivity index (χ3n) is 3.87. The molecular weight excluding hydrogens is 282 g/mol. The molecule has 3 rings (SSSR count). The van der Waals surface area contributed by atoms with Gasteiger partial charge in [0, 0.05) is 5.56 Å². The highest BCUT2D eigenvalue weighted by Gasteiger charge is 2.06. The summed E-state index contributed by atoms with van der Waals surface area (Å²) >= 11 is 0. The van der Waals surface area contributed by atoms with Crippen LogP contribution >= 0.6 is 0 Å². The first kappa shape index (κ1) is 15.2. The molecule has 0 aromatic heterocycles. The Bertz CT molecular complexity index is 749. The van der Waals surface area contributed by atoms with E-state index in [2.05, 4.69) is 41.7 Å². The number of hydrogen-bond donors (Lipinski definition) is 1. The van der Waals surface area contributed by atoms with Gasteiger partial charge in [0.05, 0.1) is 13.0 Å². The predicted molar refractivity (Wildman–Crippen MR) is 93.7 cm³/mol. The zero-order valence-electron chi connectivity index (χ0n) is 13.0. The summed E-state index contributed by atoms with van der Waals surface area (Å²) in [4.78, 5) is 12.1. The van der Waals surface area contributed by atoms with Crippen molar-refractivity contribution in [2.45, 2.75) is 6.42 Å². The third-order valence-corrected chi connectivity index (χ3v) is 3.87. The molecule has 2 N–H and O–H groups in total. The Hall–Kier alpha value is -2.71. The van der Waals surface area contributed by atoms with E-state index in [0.29, 0.717) is 6.42 Å². The number of rotatable bonds is 6. The molecule has 0 radical (unpaired) electrons. The molecule has 3 aromatic carbocycles. The first-order chi connectivity index (χ1) is 11.3. The van der Waals surface area contributed by atoms with Crippen molar-refractivity contribution in [3.63, 3.8) is 0 Å². The maximum Gasteiger partial charge on any atom is 0.168 e. The molecule has 0 heterocycles. The predicted octanol–water partition coefficient (Wildman–Crippen LogP) is 3.82. The Morgan fingerprint density at radius 2 is 1.26 bits per heavy atom. The van der Waals surface area contributed by atoms with E-state index < -0.39 is 0 Å². The van der Waals surface area contributed by atoms with Gasteiger partial charge in [-0.25, -0.2) is 0 Å². The summed E-state index contributed by atoms with van der Waals surface area (Å²) in [7, 11) is 0. The normalized spacial score (nSPS) is 10.4. The maximum atomic E-state index is 12.1. The number of carbonyl (C=O) groups is 1. The summed E-state index contributed by atoms with van der Waals surface area (Å²) < 4.78 is 0. The second-order valence-electron chi connectivity index (χ2n) is 5.52. The molecule has 0 saturated carbocycles. The molecule has 0 spiro atoms. The molecule has 2 nitrogen and oxygen atoms in total. The van der Waals surface area contributed by atoms with Crippen LogP contribution in [0.3, 0.4) is 0 Å². The van der Waals surface area contributed by atoms with Gasteiger partial charge >= 0.3 is 0 Å². The second-order valence-corrected chi connectivity index (χ2v) is 5.52. The molecule has 0 aliphatic rings. The number of hydrogen-bond acceptors (Lipinski definition) is 1. The highest BCUT2D eigenvalue weighted by Crippen LogP contribution is 2.19. The zero-order valence-corrected chi connectivity index (χ0v) is 13.0. The average molecular weight is 302 g/mol. The Balaban J connectivity index is 1.54. The third kappa shape index (κ3) is 4.15. The lowest BCUT2D eigenvalue weighted by Crippen LogP contribution is -2.78. The van der Waals surface area contributed by atoms with Crippen LogP contribution in [0.15, 0.2) is 84.9 Å². The van der Waals surface area contributed by atoms with E-state index in [9.17, 15) is 4.79 Å². The van der Waals surface area contributed by atoms with Crippen molar-refractivity contribution in [1.82, 2.24) is 0 Å². The van der Waals surface area contributed by atoms with E-state index in [4.69, 9.17) is 0 Å². The van der Waals surface area contributed by atoms with Crippen LogP contribution in [0, 0.1) is 0 Å². The van der Waals surface area contributed by atoms with Crippen LogP contribution in [-0.4, -0.2) is 12.3 Å². The molecule has 2 heteroatoms. The van der Waals surface area contributed by atoms with Crippen LogP contribution in [-0.2, 0) is 0 Å². The fourth-order valence-electron chi connectivity index (χ4n) is 2.58. The zero-order chi connectivity index (χ0) is 15.9. The smallest absolute Gasteiger partial charge is 0.168 e. The minimum atomic E-state index is 0.197. The van der Waals surface area contributed by atoms with Gasteiger partial charge in [-0.1, -0.05) is 60.7 Å². The van der Waals surface area contributed by atoms with Gasteiger partial charge in [0.1, 0.15) is 5.69 Å². The quantitative estimate of drug-likeness (QED) is 0.545. The van der Waals surface area contributed by atoms with Crippen LogP contribution in [0.25, 0.3) is 11.1 Å². The molecule has 0 amide bonds. The standard InChI is InChI=1S/C21H19NO/c23-21(19-9-5-2-6-10-19)15-16-22-20-13-11-18(12-14-20)17-7-3-1-4-8-17/h1-14,22H,15-16H2/p+1. The van der Waals surface area contributed by atoms with Crippen molar-refractivity contribution in [3.8, 4) is 11.1 Å². The monoisotopic (exact) mass is 302 g/mol. The fourth-order valence-corrected chi connectivity index (χ4v) is 2.58. The summed E-state index contributed by atoms with van der Waals surface area (Å²) in [6.07, 6.45) is 0.546. The Kier molecular flexibility index (Phi) is 4.97. The summed E-state index contributed by atoms with van der Waals surface area (Å²) in [6, 6.07) is 28.3. The first-order valence-electron chi connectivity index (χ1n) is 7.90. The van der Waals surface area contributed by atoms with Crippen LogP contribution in [0.2, 0.25) is 0 Å². The van der Waals surface area contributed by atoms with E-state index in [1.807, 2.05) is 48.5 Å². The van der Waals surface area contributed by atoms with Crippen LogP contribution in [0.4, 0.5) is 5.69 Å². The second kappa shape index (κ2) is 7.52. The van der Waals surface area contributed by atoms with Crippen molar-refractivity contribution in [1.29, 1.82) is 0 Å². The summed E-state index contributed by atoms with van der Waals surface area (Å²) in [5.41, 5.74) is 4.38. The summed E-state index contributed by atoms with van der Waals surface area (Å²) in [5, 5.41) is 2.12. The van der Waals surface area contributed by atoms with Crippen LogP contribution in [0.5, 0.6) is 0 Å². The van der Waals surface area contributed by atoms with E-state index in [-0.39, 0.29) is 5.78 Å². The minimum Gasteiger partial charge on any atom is -0.313 e. The van der Waals surface area contributed by atoms with Gasteiger partial charge in [0.2, 0.25) is 0 Å². The first-order valence-corrected chi connectivity index (χ1v) is 7.90. The van der Waals surface area contributed by atoms with Gasteiger partial charge in [-0.05, 0) is 35.4 Å². The van der Waals surface area contributed by atoms with Gasteiger partial charge in [-0.3, -0.25) is 4.79 Å². The van der Waals surface area contributed by atoms with Crippen molar-refractivity contribution in [3.05, 3.63) is 90.5 Å². The van der Waals surface area contributed by atoms with E-state index in [1.54, 1.807) is 0 Å². The molecule has 0 fully saturated rings. The highest BCUT2D eigenvalue weighted by atomic mass is 16.1. The molecule has 0 unspecified atom stereocenters. The number of nitrogens with two attached hydrogens (primary N) is 1. The van der Waals surface area contributed by atoms with Crippen molar-refractivity contribution < 1.29 is 10.1 Å². The lowest BCUT2D eigenvalue weighted by Gasteiger charge is -2.04. The van der Waals surface area contributed by atoms with E-state index >= 15 is 0 Å². The minimum absolute atomic E-state index is 0.197. The number of Topliss-reactive ketones (excluding diaryl/α,β-unsaturated/α-hetero) is 1. The van der Waals surface area contributed by atoms with Crippen molar-refractivity contribution in [2.75, 3.05) is 6.54 Å². The fraction of sp³-hybridized carbons (Fsp3) is 0.0952. The molecular formula is C21H20NO+. The molecule has 0 bridgehead atoms. The van der Waals surface area contributed by atoms with E-state index in [1.165, 1.54) is 11.1 Å². The van der Waals surface area contributed by atoms with Gasteiger partial charge in [-0.15, -0.1) is 0 Å². The molecule has 23 heavy (non-hydrogen) atoms. The maximum absolute atomic E-state index is 12.1. The summed E-state index contributed by atoms with van der Waals surface area (Å²) in [5.74, 6) is 0.197. The van der Waals surface area contributed by atoms with Gasteiger partial charge in [0.15, 0.2) is 5.78 Å². The Labute approximate surface area is 136 Å². The average Bonchev–Trinajstić information content (AvgIpc) is 2.64. The molecule has 0 aliphatic heterocycles. The number of benzene rings is 3. The molecule has 0 atom stereocenters. The largest absolute Gasteiger partial charge is 0.313 e. The van der Waals surface area contributed by atoms with Crippen LogP contribution < -0.4 is 5.32 Å². The van der Waals surface area contributed by atoms with Crippen molar-refractivity contribution in [2.24, 2.45) is 0 Å². The highest BCUT2D eigenvalue weighted by molar-refractivity contribution is 5.96. The summed E-state index contributed by atoms with van der Waals surface area (Å²) in [6.45, 7) is 0.762. The Morgan fingerprint density at radius 3 is 1.91 bits per heavy atom. The van der Waals surface area contributed by atoms with E-state index in [0.717, 1.165) is 17.8 Å². The molecule has 0 saturated heterocycles. The number of ketones is 1. The van der Waals surface area contributed by atoms with Crippen molar-refractivity contribution >= 4 is 11.5 Å². The molecule has 0 aliphatic carbocycles. The lowest BCUT2D eigenvalue weighted by atomic mass is 10.1. The molecule has 3 aromatic rings. The Morgan fingerprint density at radius 1 is 0.696 bits per heavy atom. The van der Waals surface area contributed by atoms with Gasteiger partial charge in [0.25, 0.3) is 0 Å². The van der Waals surface area contributed by atoms with Crippen LogP contribution in [0.1, 0.15) is 16.8 Å². The topological polar surface area (TPSA) is 33.7 Å². The van der Waals surface area contributed by atoms with Gasteiger partial charge in [-0.2, -0.15) is 0 Å². The lowest BCUT2D eigenvalue weighted by molar-refractivity contribution is -0.570.